The van der Waals surface area contributed by atoms with Crippen molar-refractivity contribution in [2.45, 2.75) is 6.54 Å². The van der Waals surface area contributed by atoms with E-state index in [9.17, 15) is 8.42 Å². The molecule has 5 heteroatoms. The quantitative estimate of drug-likeness (QED) is 0.823. The molecule has 1 aromatic carbocycles. The number of para-hydroxylation sites is 1. The summed E-state index contributed by atoms with van der Waals surface area (Å²) in [6.07, 6.45) is 2.98. The molecule has 0 radical (unpaired) electrons. The fraction of sp³-hybridized carbons (Fsp3) is 0.200. The molecule has 0 saturated carbocycles. The second-order valence-electron chi connectivity index (χ2n) is 3.45. The molecule has 2 aromatic rings. The predicted molar refractivity (Wildman–Crippen MR) is 60.0 cm³/mol. The van der Waals surface area contributed by atoms with Crippen molar-refractivity contribution >= 4 is 20.9 Å². The van der Waals surface area contributed by atoms with Crippen LogP contribution in [-0.4, -0.2) is 19.7 Å². The molecule has 0 saturated heterocycles. The number of fused-ring (bicyclic) bond motifs is 1. The maximum atomic E-state index is 10.9. The van der Waals surface area contributed by atoms with Crippen molar-refractivity contribution < 1.29 is 8.42 Å². The van der Waals surface area contributed by atoms with E-state index in [0.29, 0.717) is 6.54 Å². The van der Waals surface area contributed by atoms with Gasteiger partial charge in [0.25, 0.3) is 0 Å². The zero-order chi connectivity index (χ0) is 10.9. The second kappa shape index (κ2) is 3.67. The van der Waals surface area contributed by atoms with Crippen LogP contribution in [0.25, 0.3) is 10.9 Å². The molecular weight excluding hydrogens is 212 g/mol. The van der Waals surface area contributed by atoms with E-state index in [1.54, 1.807) is 0 Å². The molecule has 2 N–H and O–H groups in total. The first-order valence-corrected chi connectivity index (χ1v) is 6.45. The van der Waals surface area contributed by atoms with Crippen LogP contribution < -0.4 is 4.72 Å². The highest BCUT2D eigenvalue weighted by Gasteiger charge is 2.05. The Bertz CT molecular complexity index is 572. The highest BCUT2D eigenvalue weighted by atomic mass is 32.2. The molecule has 0 aliphatic rings. The molecule has 1 aromatic heterocycles. The van der Waals surface area contributed by atoms with Crippen LogP contribution in [0.1, 0.15) is 5.56 Å². The molecule has 0 bridgehead atoms. The molecule has 2 rings (SSSR count). The summed E-state index contributed by atoms with van der Waals surface area (Å²) in [6.45, 7) is 0.322. The molecule has 1 heterocycles. The van der Waals surface area contributed by atoms with E-state index in [2.05, 4.69) is 9.71 Å². The molecule has 4 nitrogen and oxygen atoms in total. The van der Waals surface area contributed by atoms with Crippen LogP contribution in [0.4, 0.5) is 0 Å². The van der Waals surface area contributed by atoms with Gasteiger partial charge in [-0.2, -0.15) is 0 Å². The van der Waals surface area contributed by atoms with E-state index in [4.69, 9.17) is 0 Å². The molecule has 0 aliphatic carbocycles. The highest BCUT2D eigenvalue weighted by Crippen LogP contribution is 2.17. The van der Waals surface area contributed by atoms with Crippen molar-refractivity contribution in [3.63, 3.8) is 0 Å². The van der Waals surface area contributed by atoms with Crippen molar-refractivity contribution in [2.24, 2.45) is 0 Å². The van der Waals surface area contributed by atoms with E-state index in [0.717, 1.165) is 22.7 Å². The summed E-state index contributed by atoms with van der Waals surface area (Å²) in [5, 5.41) is 1.05. The van der Waals surface area contributed by atoms with E-state index < -0.39 is 10.0 Å². The standard InChI is InChI=1S/C10H12N2O2S/c1-15(13,14)12-7-8-6-11-10-5-3-2-4-9(8)10/h2-6,11-12H,7H2,1H3. The number of aromatic amines is 1. The van der Waals surface area contributed by atoms with Crippen LogP contribution in [0.5, 0.6) is 0 Å². The van der Waals surface area contributed by atoms with Crippen molar-refractivity contribution in [3.05, 3.63) is 36.0 Å². The third-order valence-corrected chi connectivity index (χ3v) is 2.87. The van der Waals surface area contributed by atoms with Gasteiger partial charge in [-0.3, -0.25) is 0 Å². The van der Waals surface area contributed by atoms with Gasteiger partial charge in [0.15, 0.2) is 0 Å². The highest BCUT2D eigenvalue weighted by molar-refractivity contribution is 7.88. The third-order valence-electron chi connectivity index (χ3n) is 2.20. The number of benzene rings is 1. The molecular formula is C10H12N2O2S. The van der Waals surface area contributed by atoms with Gasteiger partial charge in [0.05, 0.1) is 6.26 Å². The number of nitrogens with one attached hydrogen (secondary N) is 2. The van der Waals surface area contributed by atoms with Crippen LogP contribution in [-0.2, 0) is 16.6 Å². The molecule has 80 valence electrons. The number of hydrogen-bond acceptors (Lipinski definition) is 2. The first-order valence-electron chi connectivity index (χ1n) is 4.56. The summed E-state index contributed by atoms with van der Waals surface area (Å²) < 4.78 is 24.4. The number of hydrogen-bond donors (Lipinski definition) is 2. The lowest BCUT2D eigenvalue weighted by Crippen LogP contribution is -2.20. The molecule has 0 amide bonds. The zero-order valence-corrected chi connectivity index (χ0v) is 9.14. The van der Waals surface area contributed by atoms with Gasteiger partial charge in [0.1, 0.15) is 0 Å². The molecule has 15 heavy (non-hydrogen) atoms. The van der Waals surface area contributed by atoms with Crippen molar-refractivity contribution in [3.8, 4) is 0 Å². The molecule has 0 fully saturated rings. The Morgan fingerprint density at radius 3 is 2.80 bits per heavy atom. The maximum absolute atomic E-state index is 10.9. The Labute approximate surface area is 88.4 Å². The smallest absolute Gasteiger partial charge is 0.209 e. The first kappa shape index (κ1) is 10.2. The van der Waals surface area contributed by atoms with Crippen LogP contribution in [0, 0.1) is 0 Å². The summed E-state index contributed by atoms with van der Waals surface area (Å²) in [7, 11) is -3.13. The van der Waals surface area contributed by atoms with Crippen molar-refractivity contribution in [1.82, 2.24) is 9.71 Å². The SMILES string of the molecule is CS(=O)(=O)NCc1c[nH]c2ccccc12. The van der Waals surface area contributed by atoms with E-state index in [1.165, 1.54) is 0 Å². The van der Waals surface area contributed by atoms with Crippen molar-refractivity contribution in [1.29, 1.82) is 0 Å². The van der Waals surface area contributed by atoms with Gasteiger partial charge in [0, 0.05) is 23.6 Å². The largest absolute Gasteiger partial charge is 0.361 e. The molecule has 0 aliphatic heterocycles. The predicted octanol–water partition coefficient (Wildman–Crippen LogP) is 1.22. The zero-order valence-electron chi connectivity index (χ0n) is 8.32. The third kappa shape index (κ3) is 2.37. The number of sulfonamides is 1. The summed E-state index contributed by atoms with van der Waals surface area (Å²) >= 11 is 0. The minimum Gasteiger partial charge on any atom is -0.361 e. The topological polar surface area (TPSA) is 62.0 Å². The summed E-state index contributed by atoms with van der Waals surface area (Å²) in [6, 6.07) is 7.79. The average Bonchev–Trinajstić information content (AvgIpc) is 2.57. The van der Waals surface area contributed by atoms with Gasteiger partial charge in [-0.25, -0.2) is 13.1 Å². The Hall–Kier alpha value is -1.33. The van der Waals surface area contributed by atoms with E-state index >= 15 is 0 Å². The lowest BCUT2D eigenvalue weighted by Gasteiger charge is -2.00. The fourth-order valence-electron chi connectivity index (χ4n) is 1.49. The maximum Gasteiger partial charge on any atom is 0.209 e. The van der Waals surface area contributed by atoms with Crippen LogP contribution in [0.2, 0.25) is 0 Å². The normalized spacial score (nSPS) is 12.1. The Morgan fingerprint density at radius 1 is 1.33 bits per heavy atom. The lowest BCUT2D eigenvalue weighted by atomic mass is 10.2. The fourth-order valence-corrected chi connectivity index (χ4v) is 1.90. The molecule has 0 spiro atoms. The van der Waals surface area contributed by atoms with Gasteiger partial charge < -0.3 is 4.98 Å². The van der Waals surface area contributed by atoms with Gasteiger partial charge in [0.2, 0.25) is 10.0 Å². The van der Waals surface area contributed by atoms with Crippen molar-refractivity contribution in [2.75, 3.05) is 6.26 Å². The molecule has 0 unspecified atom stereocenters. The Kier molecular flexibility index (Phi) is 2.50. The Balaban J connectivity index is 2.29. The minimum atomic E-state index is -3.13. The van der Waals surface area contributed by atoms with Crippen LogP contribution >= 0.6 is 0 Å². The van der Waals surface area contributed by atoms with E-state index in [-0.39, 0.29) is 0 Å². The van der Waals surface area contributed by atoms with Gasteiger partial charge in [-0.1, -0.05) is 18.2 Å². The van der Waals surface area contributed by atoms with E-state index in [1.807, 2.05) is 30.5 Å². The summed E-state index contributed by atoms with van der Waals surface area (Å²) in [5.41, 5.74) is 1.97. The van der Waals surface area contributed by atoms with Gasteiger partial charge in [-0.05, 0) is 11.6 Å². The Morgan fingerprint density at radius 2 is 2.07 bits per heavy atom. The van der Waals surface area contributed by atoms with Gasteiger partial charge >= 0.3 is 0 Å². The average molecular weight is 224 g/mol. The number of H-pyrrole nitrogens is 1. The number of rotatable bonds is 3. The van der Waals surface area contributed by atoms with Gasteiger partial charge in [-0.15, -0.1) is 0 Å². The summed E-state index contributed by atoms with van der Waals surface area (Å²) in [5.74, 6) is 0. The second-order valence-corrected chi connectivity index (χ2v) is 5.29. The molecule has 0 atom stereocenters. The summed E-state index contributed by atoms with van der Waals surface area (Å²) in [4.78, 5) is 3.09. The lowest BCUT2D eigenvalue weighted by molar-refractivity contribution is 0.588. The van der Waals surface area contributed by atoms with Crippen LogP contribution in [0.3, 0.4) is 0 Å². The van der Waals surface area contributed by atoms with Crippen LogP contribution in [0.15, 0.2) is 30.5 Å². The monoisotopic (exact) mass is 224 g/mol. The minimum absolute atomic E-state index is 0.322. The number of aromatic nitrogens is 1. The first-order chi connectivity index (χ1) is 7.06.